The van der Waals surface area contributed by atoms with Crippen molar-refractivity contribution in [3.63, 3.8) is 0 Å². The molecule has 1 N–H and O–H groups in total. The number of pyridine rings is 1. The van der Waals surface area contributed by atoms with E-state index in [9.17, 15) is 4.79 Å². The van der Waals surface area contributed by atoms with Gasteiger partial charge in [-0.25, -0.2) is 4.98 Å². The topological polar surface area (TPSA) is 46.4 Å². The summed E-state index contributed by atoms with van der Waals surface area (Å²) in [6.45, 7) is 0. The molecule has 2 heterocycles. The normalized spacial score (nSPS) is 14.2. The van der Waals surface area contributed by atoms with Crippen LogP contribution < -0.4 is 5.32 Å². The lowest BCUT2D eigenvalue weighted by Gasteiger charge is -2.05. The van der Waals surface area contributed by atoms with Crippen molar-refractivity contribution in [2.24, 2.45) is 5.92 Å². The van der Waals surface area contributed by atoms with Gasteiger partial charge >= 0.3 is 0 Å². The number of imidazole rings is 1. The number of fused-ring (bicyclic) bond motifs is 1. The van der Waals surface area contributed by atoms with Gasteiger partial charge in [0, 0.05) is 34.0 Å². The third kappa shape index (κ3) is 3.05. The van der Waals surface area contributed by atoms with Crippen molar-refractivity contribution in [3.8, 4) is 11.3 Å². The Kier molecular flexibility index (Phi) is 3.73. The number of benzene rings is 1. The Morgan fingerprint density at radius 1 is 1.22 bits per heavy atom. The molecule has 0 saturated heterocycles. The van der Waals surface area contributed by atoms with E-state index in [0.29, 0.717) is 0 Å². The molecule has 1 aliphatic rings. The van der Waals surface area contributed by atoms with Gasteiger partial charge in [-0.1, -0.05) is 12.1 Å². The lowest BCUT2D eigenvalue weighted by molar-refractivity contribution is -0.117. The highest BCUT2D eigenvalue weighted by molar-refractivity contribution is 9.11. The van der Waals surface area contributed by atoms with Gasteiger partial charge in [-0.05, 0) is 62.9 Å². The van der Waals surface area contributed by atoms with Crippen LogP contribution in [-0.2, 0) is 4.79 Å². The number of halogens is 2. The highest BCUT2D eigenvalue weighted by Crippen LogP contribution is 2.31. The highest BCUT2D eigenvalue weighted by atomic mass is 79.9. The number of nitrogens with zero attached hydrogens (tertiary/aromatic N) is 2. The second-order valence-corrected chi connectivity index (χ2v) is 7.48. The van der Waals surface area contributed by atoms with Crippen LogP contribution in [0.5, 0.6) is 0 Å². The molecule has 6 heteroatoms. The largest absolute Gasteiger partial charge is 0.326 e. The number of rotatable bonds is 3. The molecule has 0 atom stereocenters. The van der Waals surface area contributed by atoms with E-state index < -0.39 is 0 Å². The first-order chi connectivity index (χ1) is 11.1. The minimum Gasteiger partial charge on any atom is -0.326 e. The Morgan fingerprint density at radius 3 is 2.83 bits per heavy atom. The van der Waals surface area contributed by atoms with Crippen LogP contribution >= 0.6 is 31.9 Å². The summed E-state index contributed by atoms with van der Waals surface area (Å²) in [5.41, 5.74) is 3.52. The van der Waals surface area contributed by atoms with Crippen molar-refractivity contribution in [2.75, 3.05) is 5.32 Å². The third-order valence-electron chi connectivity index (χ3n) is 3.85. The molecule has 2 aromatic heterocycles. The van der Waals surface area contributed by atoms with Gasteiger partial charge in [0.15, 0.2) is 5.65 Å². The van der Waals surface area contributed by atoms with Crippen LogP contribution in [0.2, 0.25) is 0 Å². The van der Waals surface area contributed by atoms with Crippen molar-refractivity contribution in [1.29, 1.82) is 0 Å². The van der Waals surface area contributed by atoms with Gasteiger partial charge in [-0.3, -0.25) is 4.79 Å². The zero-order chi connectivity index (χ0) is 16.0. The zero-order valence-electron chi connectivity index (χ0n) is 12.1. The average molecular weight is 435 g/mol. The van der Waals surface area contributed by atoms with Gasteiger partial charge in [-0.2, -0.15) is 0 Å². The molecule has 1 saturated carbocycles. The summed E-state index contributed by atoms with van der Waals surface area (Å²) in [7, 11) is 0. The van der Waals surface area contributed by atoms with E-state index in [4.69, 9.17) is 0 Å². The molecule has 1 aromatic carbocycles. The number of hydrogen-bond acceptors (Lipinski definition) is 2. The maximum atomic E-state index is 11.9. The number of hydrogen-bond donors (Lipinski definition) is 1. The Bertz CT molecular complexity index is 915. The average Bonchev–Trinajstić information content (AvgIpc) is 3.27. The van der Waals surface area contributed by atoms with Crippen LogP contribution in [-0.4, -0.2) is 15.3 Å². The molecule has 0 spiro atoms. The minimum atomic E-state index is 0.115. The molecule has 3 aromatic rings. The molecule has 1 aliphatic carbocycles. The van der Waals surface area contributed by atoms with E-state index >= 15 is 0 Å². The first kappa shape index (κ1) is 14.9. The molecule has 116 valence electrons. The lowest BCUT2D eigenvalue weighted by atomic mass is 10.1. The number of amides is 1. The number of carbonyl (C=O) groups is 1. The van der Waals surface area contributed by atoms with Crippen LogP contribution in [0.15, 0.2) is 51.7 Å². The predicted octanol–water partition coefficient (Wildman–Crippen LogP) is 4.87. The van der Waals surface area contributed by atoms with E-state index in [-0.39, 0.29) is 11.8 Å². The fourth-order valence-electron chi connectivity index (χ4n) is 2.51. The molecule has 1 amide bonds. The van der Waals surface area contributed by atoms with Crippen LogP contribution in [0, 0.1) is 5.92 Å². The maximum Gasteiger partial charge on any atom is 0.227 e. The van der Waals surface area contributed by atoms with Crippen molar-refractivity contribution in [3.05, 3.63) is 51.7 Å². The first-order valence-corrected chi connectivity index (χ1v) is 8.94. The summed E-state index contributed by atoms with van der Waals surface area (Å²) in [5, 5.41) is 2.98. The quantitative estimate of drug-likeness (QED) is 0.638. The van der Waals surface area contributed by atoms with Crippen molar-refractivity contribution >= 4 is 49.1 Å². The van der Waals surface area contributed by atoms with E-state index in [0.717, 1.165) is 44.4 Å². The predicted molar refractivity (Wildman–Crippen MR) is 97.4 cm³/mol. The minimum absolute atomic E-state index is 0.115. The van der Waals surface area contributed by atoms with Gasteiger partial charge in [-0.15, -0.1) is 0 Å². The molecule has 0 bridgehead atoms. The molecule has 0 aliphatic heterocycles. The molecular formula is C17H13Br2N3O. The molecule has 0 unspecified atom stereocenters. The summed E-state index contributed by atoms with van der Waals surface area (Å²) in [5.74, 6) is 0.311. The summed E-state index contributed by atoms with van der Waals surface area (Å²) in [6.07, 6.45) is 5.95. The van der Waals surface area contributed by atoms with Crippen LogP contribution in [0.4, 0.5) is 5.69 Å². The molecule has 4 rings (SSSR count). The van der Waals surface area contributed by atoms with E-state index in [1.165, 1.54) is 0 Å². The molecule has 0 radical (unpaired) electrons. The smallest absolute Gasteiger partial charge is 0.227 e. The third-order valence-corrected chi connectivity index (χ3v) is 4.86. The van der Waals surface area contributed by atoms with Gasteiger partial charge < -0.3 is 9.72 Å². The fraction of sp³-hybridized carbons (Fsp3) is 0.176. The van der Waals surface area contributed by atoms with E-state index in [1.54, 1.807) is 0 Å². The Balaban J connectivity index is 1.69. The summed E-state index contributed by atoms with van der Waals surface area (Å²) in [4.78, 5) is 16.6. The molecule has 23 heavy (non-hydrogen) atoms. The van der Waals surface area contributed by atoms with E-state index in [1.807, 2.05) is 47.1 Å². The van der Waals surface area contributed by atoms with E-state index in [2.05, 4.69) is 42.2 Å². The van der Waals surface area contributed by atoms with Crippen LogP contribution in [0.25, 0.3) is 16.9 Å². The first-order valence-electron chi connectivity index (χ1n) is 7.35. The maximum absolute atomic E-state index is 11.9. The van der Waals surface area contributed by atoms with Crippen LogP contribution in [0.3, 0.4) is 0 Å². The molecule has 4 nitrogen and oxygen atoms in total. The second kappa shape index (κ2) is 5.76. The summed E-state index contributed by atoms with van der Waals surface area (Å²) < 4.78 is 3.88. The highest BCUT2D eigenvalue weighted by Gasteiger charge is 2.29. The Hall–Kier alpha value is -1.66. The van der Waals surface area contributed by atoms with Gasteiger partial charge in [0.05, 0.1) is 10.2 Å². The zero-order valence-corrected chi connectivity index (χ0v) is 15.3. The Morgan fingerprint density at radius 2 is 2.04 bits per heavy atom. The molecular weight excluding hydrogens is 422 g/mol. The lowest BCUT2D eigenvalue weighted by Crippen LogP contribution is -2.13. The number of carbonyl (C=O) groups excluding carboxylic acids is 1. The van der Waals surface area contributed by atoms with Gasteiger partial charge in [0.1, 0.15) is 0 Å². The van der Waals surface area contributed by atoms with Crippen molar-refractivity contribution in [1.82, 2.24) is 9.38 Å². The summed E-state index contributed by atoms with van der Waals surface area (Å²) >= 11 is 7.01. The SMILES string of the molecule is O=C(Nc1cccc(-c2cn3cc(Br)cc(Br)c3n2)c1)C1CC1. The Labute approximate surface area is 150 Å². The number of nitrogens with one attached hydrogen (secondary N) is 1. The fourth-order valence-corrected chi connectivity index (χ4v) is 3.81. The van der Waals surface area contributed by atoms with Gasteiger partial charge in [0.2, 0.25) is 5.91 Å². The number of anilines is 1. The van der Waals surface area contributed by atoms with Crippen LogP contribution in [0.1, 0.15) is 12.8 Å². The van der Waals surface area contributed by atoms with Gasteiger partial charge in [0.25, 0.3) is 0 Å². The number of aromatic nitrogens is 2. The monoisotopic (exact) mass is 433 g/mol. The molecule has 1 fully saturated rings. The second-order valence-electron chi connectivity index (χ2n) is 5.71. The standard InChI is InChI=1S/C17H13Br2N3O/c18-12-7-14(19)16-21-15(9-22(16)8-12)11-2-1-3-13(6-11)20-17(23)10-4-5-10/h1-3,6-10H,4-5H2,(H,20,23). The van der Waals surface area contributed by atoms with Crippen molar-refractivity contribution < 1.29 is 4.79 Å². The summed E-state index contributed by atoms with van der Waals surface area (Å²) in [6, 6.07) is 9.78. The van der Waals surface area contributed by atoms with Crippen molar-refractivity contribution in [2.45, 2.75) is 12.8 Å².